The van der Waals surface area contributed by atoms with E-state index in [2.05, 4.69) is 0 Å². The fourth-order valence-corrected chi connectivity index (χ4v) is 1.62. The minimum atomic E-state index is -1.15. The molecule has 120 valence electrons. The van der Waals surface area contributed by atoms with Gasteiger partial charge in [0.1, 0.15) is 0 Å². The highest BCUT2D eigenvalue weighted by atomic mass is 16.7. The quantitative estimate of drug-likeness (QED) is 0.368. The SMILES string of the molecule is COCCCCCOC(OCCCCCOC)C(=O)O. The Balaban J connectivity index is 3.53. The molecule has 0 unspecified atom stereocenters. The lowest BCUT2D eigenvalue weighted by molar-refractivity contribution is -0.189. The van der Waals surface area contributed by atoms with Gasteiger partial charge in [-0.15, -0.1) is 0 Å². The molecule has 1 N–H and O–H groups in total. The molecule has 0 amide bonds. The maximum atomic E-state index is 10.9. The summed E-state index contributed by atoms with van der Waals surface area (Å²) in [6, 6.07) is 0. The number of ether oxygens (including phenoxy) is 4. The van der Waals surface area contributed by atoms with E-state index in [1.807, 2.05) is 0 Å². The topological polar surface area (TPSA) is 74.2 Å². The molecule has 0 aromatic rings. The van der Waals surface area contributed by atoms with Crippen molar-refractivity contribution in [1.29, 1.82) is 0 Å². The Morgan fingerprint density at radius 3 is 1.55 bits per heavy atom. The number of aliphatic carboxylic acids is 1. The van der Waals surface area contributed by atoms with Gasteiger partial charge in [0.15, 0.2) is 0 Å². The van der Waals surface area contributed by atoms with Crippen molar-refractivity contribution < 1.29 is 28.8 Å². The summed E-state index contributed by atoms with van der Waals surface area (Å²) < 4.78 is 20.3. The summed E-state index contributed by atoms with van der Waals surface area (Å²) in [7, 11) is 3.33. The fourth-order valence-electron chi connectivity index (χ4n) is 1.62. The van der Waals surface area contributed by atoms with Crippen molar-refractivity contribution >= 4 is 5.97 Å². The van der Waals surface area contributed by atoms with Crippen LogP contribution < -0.4 is 0 Å². The molecule has 0 aromatic carbocycles. The van der Waals surface area contributed by atoms with Crippen LogP contribution in [0.2, 0.25) is 0 Å². The van der Waals surface area contributed by atoms with Crippen molar-refractivity contribution in [3.05, 3.63) is 0 Å². The Morgan fingerprint density at radius 1 is 0.800 bits per heavy atom. The Hall–Kier alpha value is -0.690. The molecule has 0 saturated heterocycles. The van der Waals surface area contributed by atoms with Gasteiger partial charge in [0, 0.05) is 27.4 Å². The molecule has 0 spiro atoms. The number of carbonyl (C=O) groups is 1. The monoisotopic (exact) mass is 292 g/mol. The van der Waals surface area contributed by atoms with E-state index in [0.717, 1.165) is 51.7 Å². The van der Waals surface area contributed by atoms with Crippen LogP contribution >= 0.6 is 0 Å². The zero-order chi connectivity index (χ0) is 15.1. The number of hydrogen-bond donors (Lipinski definition) is 1. The third-order valence-corrected chi connectivity index (χ3v) is 2.73. The summed E-state index contributed by atoms with van der Waals surface area (Å²) in [5, 5.41) is 8.96. The summed E-state index contributed by atoms with van der Waals surface area (Å²) >= 11 is 0. The molecule has 0 aliphatic carbocycles. The normalized spacial score (nSPS) is 11.2. The number of carboxylic acid groups (broad SMARTS) is 1. The Kier molecular flexibility index (Phi) is 14.2. The molecule has 20 heavy (non-hydrogen) atoms. The van der Waals surface area contributed by atoms with E-state index in [0.29, 0.717) is 13.2 Å². The highest BCUT2D eigenvalue weighted by molar-refractivity contribution is 5.70. The molecular formula is C14H28O6. The molecule has 0 heterocycles. The lowest BCUT2D eigenvalue weighted by Gasteiger charge is -2.14. The lowest BCUT2D eigenvalue weighted by Crippen LogP contribution is -2.28. The van der Waals surface area contributed by atoms with E-state index in [9.17, 15) is 4.79 Å². The second kappa shape index (κ2) is 14.7. The predicted molar refractivity (Wildman–Crippen MR) is 74.8 cm³/mol. The maximum absolute atomic E-state index is 10.9. The summed E-state index contributed by atoms with van der Waals surface area (Å²) in [4.78, 5) is 10.9. The van der Waals surface area contributed by atoms with Crippen LogP contribution in [0.5, 0.6) is 0 Å². The van der Waals surface area contributed by atoms with Gasteiger partial charge in [-0.3, -0.25) is 0 Å². The molecule has 0 bridgehead atoms. The first-order valence-electron chi connectivity index (χ1n) is 7.16. The smallest absolute Gasteiger partial charge is 0.361 e. The number of hydrogen-bond acceptors (Lipinski definition) is 5. The van der Waals surface area contributed by atoms with Gasteiger partial charge in [-0.1, -0.05) is 0 Å². The number of methoxy groups -OCH3 is 2. The molecule has 0 atom stereocenters. The summed E-state index contributed by atoms with van der Waals surface area (Å²) in [6.07, 6.45) is 4.29. The van der Waals surface area contributed by atoms with Gasteiger partial charge in [0.25, 0.3) is 6.29 Å². The van der Waals surface area contributed by atoms with Crippen LogP contribution in [0.25, 0.3) is 0 Å². The highest BCUT2D eigenvalue weighted by Gasteiger charge is 2.17. The predicted octanol–water partition coefficient (Wildman–Crippen LogP) is 2.06. The average molecular weight is 292 g/mol. The van der Waals surface area contributed by atoms with Gasteiger partial charge < -0.3 is 24.1 Å². The van der Waals surface area contributed by atoms with Gasteiger partial charge in [0.2, 0.25) is 0 Å². The molecule has 0 saturated carbocycles. The zero-order valence-electron chi connectivity index (χ0n) is 12.6. The second-order valence-electron chi connectivity index (χ2n) is 4.52. The van der Waals surface area contributed by atoms with Crippen LogP contribution in [0.3, 0.4) is 0 Å². The first kappa shape index (κ1) is 19.3. The van der Waals surface area contributed by atoms with Crippen molar-refractivity contribution in [3.8, 4) is 0 Å². The number of rotatable bonds is 15. The minimum absolute atomic E-state index is 0.393. The van der Waals surface area contributed by atoms with Crippen LogP contribution in [-0.4, -0.2) is 58.0 Å². The Morgan fingerprint density at radius 2 is 1.20 bits per heavy atom. The molecular weight excluding hydrogens is 264 g/mol. The maximum Gasteiger partial charge on any atom is 0.361 e. The van der Waals surface area contributed by atoms with Crippen LogP contribution in [0.1, 0.15) is 38.5 Å². The third-order valence-electron chi connectivity index (χ3n) is 2.73. The van der Waals surface area contributed by atoms with E-state index >= 15 is 0 Å². The van der Waals surface area contributed by atoms with Crippen LogP contribution in [-0.2, 0) is 23.7 Å². The molecule has 0 aromatic heterocycles. The third kappa shape index (κ3) is 12.3. The first-order valence-corrected chi connectivity index (χ1v) is 7.16. The van der Waals surface area contributed by atoms with E-state index in [1.54, 1.807) is 14.2 Å². The molecule has 6 nitrogen and oxygen atoms in total. The van der Waals surface area contributed by atoms with Gasteiger partial charge in [-0.25, -0.2) is 4.79 Å². The van der Waals surface area contributed by atoms with Crippen LogP contribution in [0.4, 0.5) is 0 Å². The number of unbranched alkanes of at least 4 members (excludes halogenated alkanes) is 4. The van der Waals surface area contributed by atoms with Gasteiger partial charge in [-0.2, -0.15) is 0 Å². The Labute approximate surface area is 121 Å². The average Bonchev–Trinajstić information content (AvgIpc) is 2.43. The van der Waals surface area contributed by atoms with Crippen molar-refractivity contribution in [1.82, 2.24) is 0 Å². The van der Waals surface area contributed by atoms with E-state index in [1.165, 1.54) is 0 Å². The molecule has 0 radical (unpaired) electrons. The Bertz CT molecular complexity index is 206. The number of carboxylic acids is 1. The van der Waals surface area contributed by atoms with E-state index < -0.39 is 12.3 Å². The molecule has 0 rings (SSSR count). The van der Waals surface area contributed by atoms with Crippen molar-refractivity contribution in [2.45, 2.75) is 44.8 Å². The minimum Gasteiger partial charge on any atom is -0.477 e. The van der Waals surface area contributed by atoms with Crippen LogP contribution in [0, 0.1) is 0 Å². The van der Waals surface area contributed by atoms with Gasteiger partial charge in [0.05, 0.1) is 13.2 Å². The van der Waals surface area contributed by atoms with E-state index in [-0.39, 0.29) is 0 Å². The zero-order valence-corrected chi connectivity index (χ0v) is 12.6. The standard InChI is InChI=1S/C14H28O6/c1-17-9-5-3-7-11-19-14(13(15)16)20-12-8-4-6-10-18-2/h14H,3-12H2,1-2H3,(H,15,16). The van der Waals surface area contributed by atoms with Crippen molar-refractivity contribution in [3.63, 3.8) is 0 Å². The summed E-state index contributed by atoms with van der Waals surface area (Å²) in [5.41, 5.74) is 0. The lowest BCUT2D eigenvalue weighted by atomic mass is 10.2. The summed E-state index contributed by atoms with van der Waals surface area (Å²) in [6.45, 7) is 2.23. The fraction of sp³-hybridized carbons (Fsp3) is 0.929. The summed E-state index contributed by atoms with van der Waals surface area (Å²) in [5.74, 6) is -1.07. The van der Waals surface area contributed by atoms with Crippen molar-refractivity contribution in [2.75, 3.05) is 40.6 Å². The van der Waals surface area contributed by atoms with Gasteiger partial charge >= 0.3 is 5.97 Å². The molecule has 0 fully saturated rings. The largest absolute Gasteiger partial charge is 0.477 e. The first-order chi connectivity index (χ1) is 9.72. The van der Waals surface area contributed by atoms with Crippen LogP contribution in [0.15, 0.2) is 0 Å². The van der Waals surface area contributed by atoms with E-state index in [4.69, 9.17) is 24.1 Å². The van der Waals surface area contributed by atoms with Gasteiger partial charge in [-0.05, 0) is 38.5 Å². The second-order valence-corrected chi connectivity index (χ2v) is 4.52. The van der Waals surface area contributed by atoms with Crippen molar-refractivity contribution in [2.24, 2.45) is 0 Å². The molecule has 0 aliphatic rings. The molecule has 6 heteroatoms. The highest BCUT2D eigenvalue weighted by Crippen LogP contribution is 2.03. The molecule has 0 aliphatic heterocycles.